The first-order valence-electron chi connectivity index (χ1n) is 3.87. The van der Waals surface area contributed by atoms with Gasteiger partial charge in [-0.3, -0.25) is 5.41 Å². The van der Waals surface area contributed by atoms with E-state index in [9.17, 15) is 0 Å². The van der Waals surface area contributed by atoms with E-state index in [4.69, 9.17) is 14.9 Å². The van der Waals surface area contributed by atoms with E-state index < -0.39 is 0 Å². The standard InChI is InChI=1S/C8H11N3O2/c1-3-13-8(9)6-4-5-7(12-2)11-10-6/h4-5,9H,3H2,1-2H3. The topological polar surface area (TPSA) is 68.1 Å². The van der Waals surface area contributed by atoms with Gasteiger partial charge in [0.2, 0.25) is 11.8 Å². The molecule has 0 spiro atoms. The third kappa shape index (κ3) is 2.40. The summed E-state index contributed by atoms with van der Waals surface area (Å²) in [5, 5.41) is 14.8. The Bertz CT molecular complexity index is 284. The highest BCUT2D eigenvalue weighted by atomic mass is 16.5. The molecule has 0 bridgehead atoms. The van der Waals surface area contributed by atoms with Crippen LogP contribution in [0.4, 0.5) is 0 Å². The van der Waals surface area contributed by atoms with E-state index in [1.807, 2.05) is 6.92 Å². The van der Waals surface area contributed by atoms with Crippen LogP contribution in [0.2, 0.25) is 0 Å². The van der Waals surface area contributed by atoms with Crippen molar-refractivity contribution in [3.63, 3.8) is 0 Å². The average molecular weight is 181 g/mol. The van der Waals surface area contributed by atoms with Crippen molar-refractivity contribution in [2.24, 2.45) is 0 Å². The van der Waals surface area contributed by atoms with Crippen molar-refractivity contribution >= 4 is 5.90 Å². The number of ether oxygens (including phenoxy) is 2. The van der Waals surface area contributed by atoms with Crippen molar-refractivity contribution in [3.05, 3.63) is 17.8 Å². The zero-order chi connectivity index (χ0) is 9.68. The van der Waals surface area contributed by atoms with Gasteiger partial charge in [-0.2, -0.15) is 0 Å². The van der Waals surface area contributed by atoms with Gasteiger partial charge in [0.15, 0.2) is 0 Å². The summed E-state index contributed by atoms with van der Waals surface area (Å²) in [6.07, 6.45) is 0. The van der Waals surface area contributed by atoms with Crippen LogP contribution in [0.3, 0.4) is 0 Å². The van der Waals surface area contributed by atoms with Gasteiger partial charge in [-0.05, 0) is 13.0 Å². The van der Waals surface area contributed by atoms with E-state index in [0.29, 0.717) is 18.2 Å². The fourth-order valence-corrected chi connectivity index (χ4v) is 0.768. The lowest BCUT2D eigenvalue weighted by molar-refractivity contribution is 0.323. The predicted molar refractivity (Wildman–Crippen MR) is 47.0 cm³/mol. The normalized spacial score (nSPS) is 9.38. The molecule has 1 rings (SSSR count). The molecule has 0 aliphatic rings. The van der Waals surface area contributed by atoms with Crippen molar-refractivity contribution in [1.82, 2.24) is 10.2 Å². The molecule has 5 nitrogen and oxygen atoms in total. The van der Waals surface area contributed by atoms with Gasteiger partial charge >= 0.3 is 0 Å². The summed E-state index contributed by atoms with van der Waals surface area (Å²) < 4.78 is 9.77. The summed E-state index contributed by atoms with van der Waals surface area (Å²) in [5.74, 6) is 0.450. The molecule has 1 aromatic heterocycles. The van der Waals surface area contributed by atoms with Gasteiger partial charge < -0.3 is 9.47 Å². The number of aromatic nitrogens is 2. The lowest BCUT2D eigenvalue weighted by Gasteiger charge is -2.03. The zero-order valence-corrected chi connectivity index (χ0v) is 7.57. The van der Waals surface area contributed by atoms with E-state index in [2.05, 4.69) is 10.2 Å². The summed E-state index contributed by atoms with van der Waals surface area (Å²) in [4.78, 5) is 0. The largest absolute Gasteiger partial charge is 0.480 e. The van der Waals surface area contributed by atoms with Gasteiger partial charge in [0, 0.05) is 6.07 Å². The number of hydrogen-bond donors (Lipinski definition) is 1. The van der Waals surface area contributed by atoms with Crippen LogP contribution < -0.4 is 4.74 Å². The monoisotopic (exact) mass is 181 g/mol. The van der Waals surface area contributed by atoms with E-state index in [1.165, 1.54) is 7.11 Å². The van der Waals surface area contributed by atoms with Crippen molar-refractivity contribution in [2.75, 3.05) is 13.7 Å². The molecule has 70 valence electrons. The van der Waals surface area contributed by atoms with Crippen LogP contribution >= 0.6 is 0 Å². The van der Waals surface area contributed by atoms with Crippen molar-refractivity contribution in [3.8, 4) is 5.88 Å². The van der Waals surface area contributed by atoms with Gasteiger partial charge in [-0.15, -0.1) is 10.2 Å². The molecule has 0 atom stereocenters. The quantitative estimate of drug-likeness (QED) is 0.554. The molecule has 5 heteroatoms. The lowest BCUT2D eigenvalue weighted by Crippen LogP contribution is -2.08. The molecule has 0 aliphatic carbocycles. The minimum atomic E-state index is 0.0256. The minimum Gasteiger partial charge on any atom is -0.480 e. The SMILES string of the molecule is CCOC(=N)c1ccc(OC)nn1. The van der Waals surface area contributed by atoms with Gasteiger partial charge in [-0.25, -0.2) is 0 Å². The molecule has 1 heterocycles. The second-order valence-corrected chi connectivity index (χ2v) is 2.22. The predicted octanol–water partition coefficient (Wildman–Crippen LogP) is 0.847. The Hall–Kier alpha value is -1.65. The molecule has 0 aliphatic heterocycles. The van der Waals surface area contributed by atoms with Gasteiger partial charge in [0.05, 0.1) is 13.7 Å². The van der Waals surface area contributed by atoms with Crippen molar-refractivity contribution in [2.45, 2.75) is 6.92 Å². The third-order valence-corrected chi connectivity index (χ3v) is 1.37. The highest BCUT2D eigenvalue weighted by molar-refractivity contribution is 5.89. The number of nitrogens with zero attached hydrogens (tertiary/aromatic N) is 2. The van der Waals surface area contributed by atoms with E-state index >= 15 is 0 Å². The molecular weight excluding hydrogens is 170 g/mol. The number of rotatable bonds is 3. The van der Waals surface area contributed by atoms with Crippen LogP contribution in [0.15, 0.2) is 12.1 Å². The maximum absolute atomic E-state index is 7.39. The Balaban J connectivity index is 2.74. The van der Waals surface area contributed by atoms with Crippen LogP contribution in [0.1, 0.15) is 12.6 Å². The van der Waals surface area contributed by atoms with E-state index in [1.54, 1.807) is 12.1 Å². The molecule has 0 saturated heterocycles. The maximum atomic E-state index is 7.39. The van der Waals surface area contributed by atoms with Crippen LogP contribution in [0.25, 0.3) is 0 Å². The van der Waals surface area contributed by atoms with E-state index in [0.717, 1.165) is 0 Å². The lowest BCUT2D eigenvalue weighted by atomic mass is 10.4. The van der Waals surface area contributed by atoms with Gasteiger partial charge in [0.1, 0.15) is 5.69 Å². The smallest absolute Gasteiger partial charge is 0.234 e. The molecule has 0 saturated carbocycles. The fourth-order valence-electron chi connectivity index (χ4n) is 0.768. The Morgan fingerprint density at radius 3 is 2.69 bits per heavy atom. The molecule has 0 amide bonds. The Labute approximate surface area is 76.2 Å². The molecule has 0 fully saturated rings. The molecule has 0 radical (unpaired) electrons. The summed E-state index contributed by atoms with van der Waals surface area (Å²) >= 11 is 0. The molecule has 0 aromatic carbocycles. The number of methoxy groups -OCH3 is 1. The van der Waals surface area contributed by atoms with Crippen LogP contribution in [-0.2, 0) is 4.74 Å². The summed E-state index contributed by atoms with van der Waals surface area (Å²) in [6.45, 7) is 2.26. The maximum Gasteiger partial charge on any atom is 0.234 e. The third-order valence-electron chi connectivity index (χ3n) is 1.37. The number of hydrogen-bond acceptors (Lipinski definition) is 5. The fraction of sp³-hybridized carbons (Fsp3) is 0.375. The summed E-state index contributed by atoms with van der Waals surface area (Å²) in [5.41, 5.74) is 0.405. The highest BCUT2D eigenvalue weighted by Crippen LogP contribution is 2.04. The van der Waals surface area contributed by atoms with Crippen LogP contribution in [-0.4, -0.2) is 29.8 Å². The second-order valence-electron chi connectivity index (χ2n) is 2.22. The Morgan fingerprint density at radius 1 is 1.46 bits per heavy atom. The van der Waals surface area contributed by atoms with E-state index in [-0.39, 0.29) is 5.90 Å². The first-order chi connectivity index (χ1) is 6.27. The molecule has 13 heavy (non-hydrogen) atoms. The van der Waals surface area contributed by atoms with Crippen molar-refractivity contribution < 1.29 is 9.47 Å². The average Bonchev–Trinajstić information content (AvgIpc) is 2.18. The van der Waals surface area contributed by atoms with Crippen molar-refractivity contribution in [1.29, 1.82) is 5.41 Å². The molecule has 1 aromatic rings. The van der Waals surface area contributed by atoms with Gasteiger partial charge in [0.25, 0.3) is 0 Å². The first-order valence-corrected chi connectivity index (χ1v) is 3.87. The van der Waals surface area contributed by atoms with Crippen LogP contribution in [0, 0.1) is 5.41 Å². The van der Waals surface area contributed by atoms with Crippen LogP contribution in [0.5, 0.6) is 5.88 Å². The van der Waals surface area contributed by atoms with Gasteiger partial charge in [-0.1, -0.05) is 0 Å². The minimum absolute atomic E-state index is 0.0256. The zero-order valence-electron chi connectivity index (χ0n) is 7.57. The Morgan fingerprint density at radius 2 is 2.23 bits per heavy atom. The molecule has 1 N–H and O–H groups in total. The number of nitrogens with one attached hydrogen (secondary N) is 1. The molecule has 0 unspecified atom stereocenters. The summed E-state index contributed by atoms with van der Waals surface area (Å²) in [6, 6.07) is 3.26. The highest BCUT2D eigenvalue weighted by Gasteiger charge is 2.03. The molecular formula is C8H11N3O2. The second kappa shape index (κ2) is 4.39. The summed E-state index contributed by atoms with van der Waals surface area (Å²) in [7, 11) is 1.51. The Kier molecular flexibility index (Phi) is 3.19. The first kappa shape index (κ1) is 9.44.